The average molecular weight is 266 g/mol. The van der Waals surface area contributed by atoms with Gasteiger partial charge in [0.2, 0.25) is 0 Å². The van der Waals surface area contributed by atoms with Crippen molar-refractivity contribution in [2.45, 2.75) is 103 Å². The molecule has 1 radical (unpaired) electrons. The Morgan fingerprint density at radius 2 is 1.37 bits per heavy atom. The quantitative estimate of drug-likeness (QED) is 0.296. The smallest absolute Gasteiger partial charge is 0.0412 e. The van der Waals surface area contributed by atoms with Gasteiger partial charge >= 0.3 is 0 Å². The molecule has 2 atom stereocenters. The third-order valence-electron chi connectivity index (χ3n) is 4.91. The summed E-state index contributed by atoms with van der Waals surface area (Å²) in [7, 11) is 0. The Labute approximate surface area is 122 Å². The highest BCUT2D eigenvalue weighted by Crippen LogP contribution is 2.30. The molecule has 1 fully saturated rings. The zero-order valence-corrected chi connectivity index (χ0v) is 13.5. The number of rotatable bonds is 10. The predicted octanol–water partition coefficient (Wildman–Crippen LogP) is 6.94. The van der Waals surface area contributed by atoms with Crippen molar-refractivity contribution in [3.8, 4) is 0 Å². The second kappa shape index (κ2) is 11.8. The van der Waals surface area contributed by atoms with Gasteiger partial charge in [-0.25, -0.2) is 0 Å². The summed E-state index contributed by atoms with van der Waals surface area (Å²) in [4.78, 5) is 0. The minimum atomic E-state index is 1.00. The summed E-state index contributed by atoms with van der Waals surface area (Å²) in [5.74, 6) is 2.06. The summed E-state index contributed by atoms with van der Waals surface area (Å²) < 4.78 is 0. The van der Waals surface area contributed by atoms with Gasteiger partial charge < -0.3 is 0 Å². The van der Waals surface area contributed by atoms with E-state index in [0.29, 0.717) is 0 Å². The number of hydrogen-bond donors (Lipinski definition) is 0. The maximum Gasteiger partial charge on any atom is -0.0412 e. The second-order valence-corrected chi connectivity index (χ2v) is 6.96. The molecule has 0 heteroatoms. The van der Waals surface area contributed by atoms with Gasteiger partial charge in [0, 0.05) is 0 Å². The molecule has 0 spiro atoms. The standard InChI is InChI=1S/C19H37/c1-3-4-5-6-7-8-9-10-11-15-19-16-13-12-14-18(2)17-19/h18-19H,1,3-17H2,2H3. The zero-order valence-electron chi connectivity index (χ0n) is 13.5. The number of unbranched alkanes of at least 4 members (excludes halogenated alkanes) is 8. The van der Waals surface area contributed by atoms with Crippen LogP contribution in [-0.4, -0.2) is 0 Å². The van der Waals surface area contributed by atoms with Crippen molar-refractivity contribution in [1.29, 1.82) is 0 Å². The van der Waals surface area contributed by atoms with Crippen LogP contribution < -0.4 is 0 Å². The van der Waals surface area contributed by atoms with Crippen LogP contribution in [0, 0.1) is 18.8 Å². The highest BCUT2D eigenvalue weighted by atomic mass is 14.2. The lowest BCUT2D eigenvalue weighted by atomic mass is 9.90. The van der Waals surface area contributed by atoms with Crippen molar-refractivity contribution in [3.05, 3.63) is 6.92 Å². The summed E-state index contributed by atoms with van der Waals surface area (Å²) in [6, 6.07) is 0. The van der Waals surface area contributed by atoms with Crippen LogP contribution >= 0.6 is 0 Å². The largest absolute Gasteiger partial charge is 0.0625 e. The minimum Gasteiger partial charge on any atom is -0.0625 e. The molecule has 0 aliphatic heterocycles. The van der Waals surface area contributed by atoms with Gasteiger partial charge in [-0.3, -0.25) is 0 Å². The lowest BCUT2D eigenvalue weighted by molar-refractivity contribution is 0.360. The first kappa shape index (κ1) is 17.1. The summed E-state index contributed by atoms with van der Waals surface area (Å²) in [5.41, 5.74) is 0. The molecule has 1 aliphatic rings. The zero-order chi connectivity index (χ0) is 13.8. The van der Waals surface area contributed by atoms with Gasteiger partial charge in [-0.1, -0.05) is 104 Å². The van der Waals surface area contributed by atoms with Crippen LogP contribution in [0.2, 0.25) is 0 Å². The molecule has 0 aromatic heterocycles. The van der Waals surface area contributed by atoms with Crippen molar-refractivity contribution in [2.75, 3.05) is 0 Å². The molecule has 1 saturated carbocycles. The van der Waals surface area contributed by atoms with Gasteiger partial charge in [-0.05, 0) is 18.3 Å². The molecular weight excluding hydrogens is 228 g/mol. The molecule has 1 aliphatic carbocycles. The molecule has 2 unspecified atom stereocenters. The third-order valence-corrected chi connectivity index (χ3v) is 4.91. The van der Waals surface area contributed by atoms with Crippen molar-refractivity contribution < 1.29 is 0 Å². The highest BCUT2D eigenvalue weighted by molar-refractivity contribution is 4.69. The first-order chi connectivity index (χ1) is 9.33. The molecule has 1 rings (SSSR count). The van der Waals surface area contributed by atoms with Gasteiger partial charge in [0.05, 0.1) is 0 Å². The molecule has 0 amide bonds. The SMILES string of the molecule is [CH2]CCCCCCCCCCC1CCCCC(C)C1. The molecule has 0 bridgehead atoms. The van der Waals surface area contributed by atoms with E-state index in [1.807, 2.05) is 0 Å². The Balaban J connectivity index is 1.87. The molecule has 0 saturated heterocycles. The number of hydrogen-bond acceptors (Lipinski definition) is 0. The third kappa shape index (κ3) is 9.52. The summed E-state index contributed by atoms with van der Waals surface area (Å²) in [5, 5.41) is 0. The van der Waals surface area contributed by atoms with Crippen LogP contribution in [-0.2, 0) is 0 Å². The first-order valence-electron chi connectivity index (χ1n) is 9.12. The topological polar surface area (TPSA) is 0 Å². The van der Waals surface area contributed by atoms with Crippen LogP contribution in [0.1, 0.15) is 103 Å². The molecule has 0 N–H and O–H groups in total. The Kier molecular flexibility index (Phi) is 10.6. The van der Waals surface area contributed by atoms with Crippen LogP contribution in [0.3, 0.4) is 0 Å². The normalized spacial score (nSPS) is 24.3. The molecule has 19 heavy (non-hydrogen) atoms. The highest BCUT2D eigenvalue weighted by Gasteiger charge is 2.16. The van der Waals surface area contributed by atoms with E-state index in [-0.39, 0.29) is 0 Å². The van der Waals surface area contributed by atoms with E-state index in [2.05, 4.69) is 13.8 Å². The van der Waals surface area contributed by atoms with Crippen LogP contribution in [0.4, 0.5) is 0 Å². The fourth-order valence-corrected chi connectivity index (χ4v) is 3.66. The van der Waals surface area contributed by atoms with Gasteiger partial charge in [0.15, 0.2) is 0 Å². The molecule has 0 aromatic carbocycles. The van der Waals surface area contributed by atoms with Crippen molar-refractivity contribution in [2.24, 2.45) is 11.8 Å². The Bertz CT molecular complexity index is 184. The van der Waals surface area contributed by atoms with Gasteiger partial charge in [0.1, 0.15) is 0 Å². The van der Waals surface area contributed by atoms with Gasteiger partial charge in [0.25, 0.3) is 0 Å². The van der Waals surface area contributed by atoms with E-state index in [4.69, 9.17) is 0 Å². The molecule has 0 nitrogen and oxygen atoms in total. The van der Waals surface area contributed by atoms with Gasteiger partial charge in [-0.15, -0.1) is 0 Å². The fraction of sp³-hybridized carbons (Fsp3) is 0.947. The predicted molar refractivity (Wildman–Crippen MR) is 87.3 cm³/mol. The fourth-order valence-electron chi connectivity index (χ4n) is 3.66. The van der Waals surface area contributed by atoms with E-state index >= 15 is 0 Å². The molecular formula is C19H37. The lowest BCUT2D eigenvalue weighted by Crippen LogP contribution is -2.03. The maximum atomic E-state index is 3.90. The average Bonchev–Trinajstić information content (AvgIpc) is 2.61. The van der Waals surface area contributed by atoms with Crippen LogP contribution in [0.15, 0.2) is 0 Å². The maximum absolute atomic E-state index is 3.90. The van der Waals surface area contributed by atoms with Crippen LogP contribution in [0.5, 0.6) is 0 Å². The van der Waals surface area contributed by atoms with Crippen LogP contribution in [0.25, 0.3) is 0 Å². The van der Waals surface area contributed by atoms with Crippen molar-refractivity contribution in [1.82, 2.24) is 0 Å². The van der Waals surface area contributed by atoms with E-state index in [9.17, 15) is 0 Å². The lowest BCUT2D eigenvalue weighted by Gasteiger charge is -2.16. The van der Waals surface area contributed by atoms with E-state index in [1.54, 1.807) is 0 Å². The Hall–Kier alpha value is 0. The van der Waals surface area contributed by atoms with Gasteiger partial charge in [-0.2, -0.15) is 0 Å². The van der Waals surface area contributed by atoms with Crippen molar-refractivity contribution in [3.63, 3.8) is 0 Å². The summed E-state index contributed by atoms with van der Waals surface area (Å²) in [6.07, 6.45) is 21.7. The molecule has 113 valence electrons. The second-order valence-electron chi connectivity index (χ2n) is 6.96. The summed E-state index contributed by atoms with van der Waals surface area (Å²) in [6.45, 7) is 6.36. The van der Waals surface area contributed by atoms with E-state index < -0.39 is 0 Å². The van der Waals surface area contributed by atoms with E-state index in [1.165, 1.54) is 89.9 Å². The monoisotopic (exact) mass is 265 g/mol. The Morgan fingerprint density at radius 3 is 2.05 bits per heavy atom. The van der Waals surface area contributed by atoms with Crippen molar-refractivity contribution >= 4 is 0 Å². The van der Waals surface area contributed by atoms with E-state index in [0.717, 1.165) is 18.3 Å². The molecule has 0 heterocycles. The Morgan fingerprint density at radius 1 is 0.789 bits per heavy atom. The minimum absolute atomic E-state index is 1.00. The first-order valence-corrected chi connectivity index (χ1v) is 9.12. The summed E-state index contributed by atoms with van der Waals surface area (Å²) >= 11 is 0. The molecule has 0 aromatic rings.